The molecule has 18 heavy (non-hydrogen) atoms. The van der Waals surface area contributed by atoms with Gasteiger partial charge in [-0.2, -0.15) is 0 Å². The molecule has 1 aromatic carbocycles. The number of sulfonamides is 1. The van der Waals surface area contributed by atoms with E-state index >= 15 is 0 Å². The SMILES string of the molecule is Cc1ccc(S(=O)(=O)NC(C)(C)C(C)Cl)c(C)c1. The van der Waals surface area contributed by atoms with Crippen LogP contribution in [0.1, 0.15) is 31.9 Å². The van der Waals surface area contributed by atoms with E-state index in [0.717, 1.165) is 11.1 Å². The zero-order valence-corrected chi connectivity index (χ0v) is 13.0. The van der Waals surface area contributed by atoms with Crippen LogP contribution in [0, 0.1) is 13.8 Å². The van der Waals surface area contributed by atoms with Gasteiger partial charge in [-0.1, -0.05) is 17.7 Å². The van der Waals surface area contributed by atoms with Gasteiger partial charge < -0.3 is 0 Å². The number of aryl methyl sites for hydroxylation is 2. The lowest BCUT2D eigenvalue weighted by atomic mass is 10.0. The molecule has 0 fully saturated rings. The van der Waals surface area contributed by atoms with Crippen molar-refractivity contribution in [2.75, 3.05) is 0 Å². The summed E-state index contributed by atoms with van der Waals surface area (Å²) in [4.78, 5) is 0.304. The zero-order chi connectivity index (χ0) is 14.1. The van der Waals surface area contributed by atoms with Crippen LogP contribution in [0.3, 0.4) is 0 Å². The third-order valence-electron chi connectivity index (χ3n) is 3.01. The summed E-state index contributed by atoms with van der Waals surface area (Å²) in [7, 11) is -3.54. The monoisotopic (exact) mass is 289 g/mol. The van der Waals surface area contributed by atoms with E-state index < -0.39 is 15.6 Å². The average Bonchev–Trinajstić information content (AvgIpc) is 2.14. The highest BCUT2D eigenvalue weighted by Crippen LogP contribution is 2.21. The molecule has 0 saturated heterocycles. The number of halogens is 1. The number of benzene rings is 1. The van der Waals surface area contributed by atoms with E-state index in [9.17, 15) is 8.42 Å². The van der Waals surface area contributed by atoms with Gasteiger partial charge in [-0.15, -0.1) is 11.6 Å². The van der Waals surface area contributed by atoms with Gasteiger partial charge >= 0.3 is 0 Å². The third-order valence-corrected chi connectivity index (χ3v) is 5.39. The Bertz CT molecular complexity index is 536. The maximum Gasteiger partial charge on any atom is 0.241 e. The summed E-state index contributed by atoms with van der Waals surface area (Å²) in [6.07, 6.45) is 0. The van der Waals surface area contributed by atoms with Gasteiger partial charge in [-0.25, -0.2) is 13.1 Å². The molecule has 0 saturated carbocycles. The third kappa shape index (κ3) is 3.46. The molecule has 0 aliphatic carbocycles. The Balaban J connectivity index is 3.15. The maximum absolute atomic E-state index is 12.3. The van der Waals surface area contributed by atoms with Gasteiger partial charge in [-0.3, -0.25) is 0 Å². The van der Waals surface area contributed by atoms with Crippen LogP contribution in [0.4, 0.5) is 0 Å². The molecule has 0 heterocycles. The molecule has 0 bridgehead atoms. The van der Waals surface area contributed by atoms with Crippen molar-refractivity contribution in [3.63, 3.8) is 0 Å². The maximum atomic E-state index is 12.3. The number of hydrogen-bond acceptors (Lipinski definition) is 2. The van der Waals surface area contributed by atoms with Crippen LogP contribution < -0.4 is 4.72 Å². The van der Waals surface area contributed by atoms with Crippen molar-refractivity contribution in [3.8, 4) is 0 Å². The predicted octanol–water partition coefficient (Wildman–Crippen LogP) is 2.99. The Morgan fingerprint density at radius 1 is 1.28 bits per heavy atom. The summed E-state index contributed by atoms with van der Waals surface area (Å²) in [6.45, 7) is 9.03. The normalized spacial score (nSPS) is 14.6. The number of nitrogens with one attached hydrogen (secondary N) is 1. The topological polar surface area (TPSA) is 46.2 Å². The standard InChI is InChI=1S/C13H20ClNO2S/c1-9-6-7-12(10(2)8-9)18(16,17)15-13(4,5)11(3)14/h6-8,11,15H,1-5H3. The highest BCUT2D eigenvalue weighted by Gasteiger charge is 2.31. The highest BCUT2D eigenvalue weighted by atomic mass is 35.5. The Hall–Kier alpha value is -0.580. The minimum absolute atomic E-state index is 0.304. The minimum Gasteiger partial charge on any atom is -0.207 e. The fraction of sp³-hybridized carbons (Fsp3) is 0.538. The summed E-state index contributed by atoms with van der Waals surface area (Å²) >= 11 is 6.00. The minimum atomic E-state index is -3.54. The molecule has 1 unspecified atom stereocenters. The molecule has 0 amide bonds. The molecule has 1 N–H and O–H groups in total. The highest BCUT2D eigenvalue weighted by molar-refractivity contribution is 7.89. The van der Waals surface area contributed by atoms with Crippen LogP contribution in [-0.2, 0) is 10.0 Å². The molecule has 3 nitrogen and oxygen atoms in total. The van der Waals surface area contributed by atoms with Crippen LogP contribution in [0.25, 0.3) is 0 Å². The molecule has 1 aromatic rings. The molecule has 0 spiro atoms. The van der Waals surface area contributed by atoms with E-state index in [1.54, 1.807) is 39.8 Å². The van der Waals surface area contributed by atoms with Crippen molar-refractivity contribution in [1.29, 1.82) is 0 Å². The molecule has 1 atom stereocenters. The van der Waals surface area contributed by atoms with Gasteiger partial charge in [0.05, 0.1) is 4.90 Å². The Morgan fingerprint density at radius 2 is 1.83 bits per heavy atom. The Morgan fingerprint density at radius 3 is 2.28 bits per heavy atom. The summed E-state index contributed by atoms with van der Waals surface area (Å²) in [5, 5.41) is -0.307. The molecule has 0 aliphatic rings. The molecule has 0 aromatic heterocycles. The fourth-order valence-corrected chi connectivity index (χ4v) is 3.41. The van der Waals surface area contributed by atoms with Crippen molar-refractivity contribution < 1.29 is 8.42 Å². The second-order valence-electron chi connectivity index (χ2n) is 5.21. The second-order valence-corrected chi connectivity index (χ2v) is 7.52. The lowest BCUT2D eigenvalue weighted by molar-refractivity contribution is 0.445. The van der Waals surface area contributed by atoms with Gasteiger partial charge in [0.15, 0.2) is 0 Å². The lowest BCUT2D eigenvalue weighted by Gasteiger charge is -2.28. The quantitative estimate of drug-likeness (QED) is 0.866. The Labute approximate surface area is 115 Å². The summed E-state index contributed by atoms with van der Waals surface area (Å²) in [6, 6.07) is 5.27. The van der Waals surface area contributed by atoms with Crippen molar-refractivity contribution in [1.82, 2.24) is 4.72 Å². The first-order chi connectivity index (χ1) is 8.06. The average molecular weight is 290 g/mol. The van der Waals surface area contributed by atoms with E-state index in [2.05, 4.69) is 4.72 Å². The largest absolute Gasteiger partial charge is 0.241 e. The van der Waals surface area contributed by atoms with Gasteiger partial charge in [0.2, 0.25) is 10.0 Å². The first-order valence-electron chi connectivity index (χ1n) is 5.81. The second kappa shape index (κ2) is 5.19. The van der Waals surface area contributed by atoms with Crippen molar-refractivity contribution >= 4 is 21.6 Å². The molecule has 1 rings (SSSR count). The van der Waals surface area contributed by atoms with E-state index in [-0.39, 0.29) is 5.38 Å². The first kappa shape index (κ1) is 15.5. The van der Waals surface area contributed by atoms with E-state index in [0.29, 0.717) is 4.90 Å². The van der Waals surface area contributed by atoms with E-state index in [4.69, 9.17) is 11.6 Å². The summed E-state index contributed by atoms with van der Waals surface area (Å²) < 4.78 is 27.3. The van der Waals surface area contributed by atoms with Crippen LogP contribution in [0.5, 0.6) is 0 Å². The van der Waals surface area contributed by atoms with Crippen molar-refractivity contribution in [3.05, 3.63) is 29.3 Å². The number of rotatable bonds is 4. The van der Waals surface area contributed by atoms with Gasteiger partial charge in [0.1, 0.15) is 0 Å². The van der Waals surface area contributed by atoms with E-state index in [1.165, 1.54) is 0 Å². The lowest BCUT2D eigenvalue weighted by Crippen LogP contribution is -2.48. The van der Waals surface area contributed by atoms with Gasteiger partial charge in [0, 0.05) is 10.9 Å². The smallest absolute Gasteiger partial charge is 0.207 e. The molecule has 5 heteroatoms. The van der Waals surface area contributed by atoms with Crippen LogP contribution >= 0.6 is 11.6 Å². The van der Waals surface area contributed by atoms with Crippen LogP contribution in [0.15, 0.2) is 23.1 Å². The fourth-order valence-electron chi connectivity index (χ4n) is 1.58. The zero-order valence-electron chi connectivity index (χ0n) is 11.4. The van der Waals surface area contributed by atoms with Gasteiger partial charge in [-0.05, 0) is 46.2 Å². The van der Waals surface area contributed by atoms with Gasteiger partial charge in [0.25, 0.3) is 0 Å². The van der Waals surface area contributed by atoms with Crippen molar-refractivity contribution in [2.45, 2.75) is 50.4 Å². The number of hydrogen-bond donors (Lipinski definition) is 1. The Kier molecular flexibility index (Phi) is 4.47. The van der Waals surface area contributed by atoms with E-state index in [1.807, 2.05) is 13.0 Å². The molecule has 0 aliphatic heterocycles. The molecular formula is C13H20ClNO2S. The summed E-state index contributed by atoms with van der Waals surface area (Å²) in [5.41, 5.74) is 1.08. The first-order valence-corrected chi connectivity index (χ1v) is 7.73. The molecule has 0 radical (unpaired) electrons. The van der Waals surface area contributed by atoms with Crippen LogP contribution in [0.2, 0.25) is 0 Å². The molecular weight excluding hydrogens is 270 g/mol. The van der Waals surface area contributed by atoms with Crippen LogP contribution in [-0.4, -0.2) is 19.3 Å². The summed E-state index contributed by atoms with van der Waals surface area (Å²) in [5.74, 6) is 0. The predicted molar refractivity (Wildman–Crippen MR) is 75.6 cm³/mol. The number of alkyl halides is 1. The molecule has 102 valence electrons. The van der Waals surface area contributed by atoms with Crippen molar-refractivity contribution in [2.24, 2.45) is 0 Å².